The van der Waals surface area contributed by atoms with Crippen LogP contribution in [0.2, 0.25) is 0 Å². The summed E-state index contributed by atoms with van der Waals surface area (Å²) in [4.78, 5) is 11.7. The Morgan fingerprint density at radius 2 is 1.20 bits per heavy atom. The molecule has 2 nitrogen and oxygen atoms in total. The molecule has 2 aromatic carbocycles. The number of rotatable bonds is 3. The second-order valence-electron chi connectivity index (χ2n) is 4.93. The molecule has 1 aliphatic carbocycles. The molecule has 3 rings (SSSR count). The van der Waals surface area contributed by atoms with Crippen LogP contribution in [0, 0.1) is 5.92 Å². The molecule has 0 amide bonds. The van der Waals surface area contributed by atoms with Crippen molar-refractivity contribution in [2.24, 2.45) is 5.92 Å². The topological polar surface area (TPSA) is 37.3 Å². The van der Waals surface area contributed by atoms with Gasteiger partial charge in [0.1, 0.15) is 0 Å². The zero-order valence-electron chi connectivity index (χ0n) is 10.5. The van der Waals surface area contributed by atoms with Gasteiger partial charge in [0.25, 0.3) is 0 Å². The van der Waals surface area contributed by atoms with Gasteiger partial charge in [0.2, 0.25) is 0 Å². The minimum absolute atomic E-state index is 0.556. The molecule has 102 valence electrons. The molecule has 2 aromatic rings. The first-order chi connectivity index (χ1) is 9.53. The zero-order chi connectivity index (χ0) is 14.4. The van der Waals surface area contributed by atoms with Crippen molar-refractivity contribution in [1.29, 1.82) is 0 Å². The number of alkyl halides is 2. The normalized spacial score (nSPS) is 31.8. The van der Waals surface area contributed by atoms with Crippen molar-refractivity contribution in [3.8, 4) is 0 Å². The third-order valence-electron chi connectivity index (χ3n) is 3.88. The van der Waals surface area contributed by atoms with Crippen LogP contribution in [0.5, 0.6) is 0 Å². The molecule has 0 saturated heterocycles. The monoisotopic (exact) mass is 394 g/mol. The van der Waals surface area contributed by atoms with Crippen LogP contribution in [0.15, 0.2) is 60.7 Å². The number of carboxylic acid groups (broad SMARTS) is 1. The summed E-state index contributed by atoms with van der Waals surface area (Å²) in [5.74, 6) is -1.37. The van der Waals surface area contributed by atoms with E-state index >= 15 is 0 Å². The first-order valence-corrected chi connectivity index (χ1v) is 7.83. The Balaban J connectivity index is 2.14. The standard InChI is InChI=1S/C16H12Br2O2/c17-15(11-7-3-1-4-8-11)13(14(19)20)16(15,18)12-9-5-2-6-10-12/h1-10,13H,(H,19,20)/t15-,16-/m1/s1. The lowest BCUT2D eigenvalue weighted by Crippen LogP contribution is -2.10. The summed E-state index contributed by atoms with van der Waals surface area (Å²) in [6.45, 7) is 0. The van der Waals surface area contributed by atoms with E-state index in [1.54, 1.807) is 0 Å². The van der Waals surface area contributed by atoms with Gasteiger partial charge in [-0.2, -0.15) is 0 Å². The Labute approximate surface area is 134 Å². The number of carboxylic acids is 1. The van der Waals surface area contributed by atoms with Gasteiger partial charge in [0.05, 0.1) is 14.6 Å². The third-order valence-corrected chi connectivity index (χ3v) is 7.49. The maximum Gasteiger partial charge on any atom is 0.310 e. The Bertz CT molecular complexity index is 593. The number of benzene rings is 2. The Morgan fingerprint density at radius 1 is 0.850 bits per heavy atom. The Morgan fingerprint density at radius 3 is 1.50 bits per heavy atom. The van der Waals surface area contributed by atoms with Crippen LogP contribution in [-0.4, -0.2) is 11.1 Å². The predicted molar refractivity (Wildman–Crippen MR) is 85.2 cm³/mol. The highest BCUT2D eigenvalue weighted by Gasteiger charge is 2.79. The van der Waals surface area contributed by atoms with Crippen molar-refractivity contribution < 1.29 is 9.90 Å². The molecule has 0 aromatic heterocycles. The summed E-state index contributed by atoms with van der Waals surface area (Å²) >= 11 is 7.39. The van der Waals surface area contributed by atoms with Crippen LogP contribution >= 0.6 is 31.9 Å². The van der Waals surface area contributed by atoms with E-state index < -0.39 is 20.5 Å². The largest absolute Gasteiger partial charge is 0.481 e. The van der Waals surface area contributed by atoms with Gasteiger partial charge in [0, 0.05) is 0 Å². The van der Waals surface area contributed by atoms with Gasteiger partial charge >= 0.3 is 5.97 Å². The zero-order valence-corrected chi connectivity index (χ0v) is 13.6. The molecule has 2 atom stereocenters. The van der Waals surface area contributed by atoms with Crippen LogP contribution in [0.4, 0.5) is 0 Å². The molecule has 0 heterocycles. The van der Waals surface area contributed by atoms with Crippen molar-refractivity contribution in [3.05, 3.63) is 71.8 Å². The number of aliphatic carboxylic acids is 1. The lowest BCUT2D eigenvalue weighted by molar-refractivity contribution is -0.138. The smallest absolute Gasteiger partial charge is 0.310 e. The van der Waals surface area contributed by atoms with Crippen molar-refractivity contribution in [2.75, 3.05) is 0 Å². The van der Waals surface area contributed by atoms with E-state index in [0.29, 0.717) is 0 Å². The summed E-state index contributed by atoms with van der Waals surface area (Å²) in [5, 5.41) is 9.59. The first-order valence-electron chi connectivity index (χ1n) is 6.24. The van der Waals surface area contributed by atoms with E-state index in [0.717, 1.165) is 11.1 Å². The van der Waals surface area contributed by atoms with Gasteiger partial charge in [-0.05, 0) is 11.1 Å². The maximum atomic E-state index is 11.7. The Hall–Kier alpha value is -1.13. The molecular weight excluding hydrogens is 384 g/mol. The molecular formula is C16H12Br2O2. The molecule has 1 saturated carbocycles. The molecule has 1 N–H and O–H groups in total. The van der Waals surface area contributed by atoms with Crippen LogP contribution in [0.1, 0.15) is 11.1 Å². The minimum Gasteiger partial charge on any atom is -0.481 e. The predicted octanol–water partition coefficient (Wildman–Crippen LogP) is 4.28. The van der Waals surface area contributed by atoms with Crippen LogP contribution in [0.3, 0.4) is 0 Å². The molecule has 0 aliphatic heterocycles. The van der Waals surface area contributed by atoms with E-state index in [1.807, 2.05) is 60.7 Å². The number of hydrogen-bond acceptors (Lipinski definition) is 1. The quantitative estimate of drug-likeness (QED) is 0.787. The highest BCUT2D eigenvalue weighted by molar-refractivity contribution is 9.13. The fourth-order valence-corrected chi connectivity index (χ4v) is 5.46. The van der Waals surface area contributed by atoms with Gasteiger partial charge in [-0.15, -0.1) is 0 Å². The number of carbonyl (C=O) groups is 1. The molecule has 0 spiro atoms. The number of hydrogen-bond donors (Lipinski definition) is 1. The highest BCUT2D eigenvalue weighted by Crippen LogP contribution is 2.77. The fourth-order valence-electron chi connectivity index (χ4n) is 2.86. The fraction of sp³-hybridized carbons (Fsp3) is 0.188. The highest BCUT2D eigenvalue weighted by atomic mass is 79.9. The van der Waals surface area contributed by atoms with E-state index in [1.165, 1.54) is 0 Å². The van der Waals surface area contributed by atoms with Gasteiger partial charge < -0.3 is 5.11 Å². The molecule has 1 fully saturated rings. The Kier molecular flexibility index (Phi) is 3.26. The summed E-state index contributed by atoms with van der Waals surface area (Å²) in [7, 11) is 0. The van der Waals surface area contributed by atoms with E-state index in [2.05, 4.69) is 31.9 Å². The van der Waals surface area contributed by atoms with Gasteiger partial charge in [-0.3, -0.25) is 4.79 Å². The first kappa shape index (κ1) is 13.8. The summed E-state index contributed by atoms with van der Waals surface area (Å²) in [6, 6.07) is 19.4. The van der Waals surface area contributed by atoms with Crippen molar-refractivity contribution in [3.63, 3.8) is 0 Å². The van der Waals surface area contributed by atoms with Gasteiger partial charge in [0.15, 0.2) is 0 Å². The minimum atomic E-state index is -0.813. The summed E-state index contributed by atoms with van der Waals surface area (Å²) in [6.07, 6.45) is 0. The van der Waals surface area contributed by atoms with Crippen LogP contribution in [-0.2, 0) is 13.4 Å². The molecule has 4 heteroatoms. The molecule has 0 unspecified atom stereocenters. The van der Waals surface area contributed by atoms with E-state index in [-0.39, 0.29) is 0 Å². The van der Waals surface area contributed by atoms with Crippen LogP contribution < -0.4 is 0 Å². The van der Waals surface area contributed by atoms with Crippen LogP contribution in [0.25, 0.3) is 0 Å². The molecule has 0 bridgehead atoms. The second kappa shape index (κ2) is 4.71. The van der Waals surface area contributed by atoms with Gasteiger partial charge in [-0.1, -0.05) is 92.5 Å². The lowest BCUT2D eigenvalue weighted by Gasteiger charge is -2.15. The number of halogens is 2. The van der Waals surface area contributed by atoms with Gasteiger partial charge in [-0.25, -0.2) is 0 Å². The van der Waals surface area contributed by atoms with E-state index in [4.69, 9.17) is 0 Å². The van der Waals surface area contributed by atoms with Crippen molar-refractivity contribution in [2.45, 2.75) is 8.65 Å². The lowest BCUT2D eigenvalue weighted by atomic mass is 10.0. The average molecular weight is 396 g/mol. The molecule has 0 radical (unpaired) electrons. The van der Waals surface area contributed by atoms with Crippen molar-refractivity contribution in [1.82, 2.24) is 0 Å². The SMILES string of the molecule is O=C(O)C1[C@](Br)(c2ccccc2)[C@@]1(Br)c1ccccc1. The van der Waals surface area contributed by atoms with E-state index in [9.17, 15) is 9.90 Å². The second-order valence-corrected chi connectivity index (χ2v) is 7.43. The molecule has 20 heavy (non-hydrogen) atoms. The molecule has 1 aliphatic rings. The van der Waals surface area contributed by atoms with Crippen molar-refractivity contribution >= 4 is 37.8 Å². The maximum absolute atomic E-state index is 11.7. The average Bonchev–Trinajstić information content (AvgIpc) is 3.00. The third kappa shape index (κ3) is 1.71. The summed E-state index contributed by atoms with van der Waals surface area (Å²) < 4.78 is -1.26. The summed E-state index contributed by atoms with van der Waals surface area (Å²) in [5.41, 5.74) is 1.93.